The average molecular weight is 243 g/mol. The summed E-state index contributed by atoms with van der Waals surface area (Å²) >= 11 is 0. The smallest absolute Gasteiger partial charge is 0.306 e. The van der Waals surface area contributed by atoms with Crippen LogP contribution >= 0.6 is 0 Å². The van der Waals surface area contributed by atoms with Crippen LogP contribution in [0.15, 0.2) is 0 Å². The molecule has 0 radical (unpaired) electrons. The van der Waals surface area contributed by atoms with Crippen molar-refractivity contribution in [2.24, 2.45) is 0 Å². The van der Waals surface area contributed by atoms with Crippen molar-refractivity contribution in [2.75, 3.05) is 20.6 Å². The van der Waals surface area contributed by atoms with E-state index in [-0.39, 0.29) is 12.1 Å². The summed E-state index contributed by atoms with van der Waals surface area (Å²) in [5.41, 5.74) is 0. The van der Waals surface area contributed by atoms with Crippen molar-refractivity contribution in [2.45, 2.75) is 64.9 Å². The maximum atomic E-state index is 11.4. The summed E-state index contributed by atoms with van der Waals surface area (Å²) in [6.07, 6.45) is 7.16. The van der Waals surface area contributed by atoms with E-state index in [1.54, 1.807) is 0 Å². The number of nitrogens with zero attached hydrogens (tertiary/aromatic N) is 1. The predicted octanol–water partition coefficient (Wildman–Crippen LogP) is 3.23. The van der Waals surface area contributed by atoms with Gasteiger partial charge in [0.05, 0.1) is 6.10 Å². The van der Waals surface area contributed by atoms with E-state index >= 15 is 0 Å². The SMILES string of the molecule is CCCCCC(=O)O[C@H](C)CCCCN(C)C. The third-order valence-corrected chi connectivity index (χ3v) is 2.78. The van der Waals surface area contributed by atoms with Gasteiger partial charge >= 0.3 is 5.97 Å². The van der Waals surface area contributed by atoms with Crippen LogP contribution < -0.4 is 0 Å². The van der Waals surface area contributed by atoms with Crippen molar-refractivity contribution in [3.05, 3.63) is 0 Å². The number of hydrogen-bond acceptors (Lipinski definition) is 3. The maximum Gasteiger partial charge on any atom is 0.306 e. The molecule has 0 N–H and O–H groups in total. The number of carbonyl (C=O) groups is 1. The van der Waals surface area contributed by atoms with Crippen LogP contribution in [-0.4, -0.2) is 37.6 Å². The normalized spacial score (nSPS) is 12.8. The van der Waals surface area contributed by atoms with Crippen LogP contribution in [-0.2, 0) is 9.53 Å². The van der Waals surface area contributed by atoms with Gasteiger partial charge in [0.25, 0.3) is 0 Å². The molecule has 0 fully saturated rings. The molecule has 0 spiro atoms. The van der Waals surface area contributed by atoms with Crippen LogP contribution in [0.4, 0.5) is 0 Å². The Hall–Kier alpha value is -0.570. The van der Waals surface area contributed by atoms with Gasteiger partial charge in [-0.2, -0.15) is 0 Å². The number of ether oxygens (including phenoxy) is 1. The largest absolute Gasteiger partial charge is 0.463 e. The van der Waals surface area contributed by atoms with Crippen molar-refractivity contribution < 1.29 is 9.53 Å². The second-order valence-corrected chi connectivity index (χ2v) is 5.06. The summed E-state index contributed by atoms with van der Waals surface area (Å²) in [4.78, 5) is 13.6. The Bertz CT molecular complexity index is 193. The van der Waals surface area contributed by atoms with Gasteiger partial charge in [-0.3, -0.25) is 4.79 Å². The lowest BCUT2D eigenvalue weighted by Gasteiger charge is -2.14. The van der Waals surface area contributed by atoms with Gasteiger partial charge in [-0.1, -0.05) is 19.8 Å². The van der Waals surface area contributed by atoms with E-state index in [2.05, 4.69) is 25.9 Å². The van der Waals surface area contributed by atoms with Crippen LogP contribution in [0.1, 0.15) is 58.8 Å². The molecule has 0 aliphatic heterocycles. The van der Waals surface area contributed by atoms with E-state index in [4.69, 9.17) is 4.74 Å². The zero-order valence-electron chi connectivity index (χ0n) is 12.0. The van der Waals surface area contributed by atoms with Crippen molar-refractivity contribution in [3.8, 4) is 0 Å². The highest BCUT2D eigenvalue weighted by Crippen LogP contribution is 2.08. The van der Waals surface area contributed by atoms with Gasteiger partial charge in [-0.15, -0.1) is 0 Å². The summed E-state index contributed by atoms with van der Waals surface area (Å²) in [5.74, 6) is -0.0291. The lowest BCUT2D eigenvalue weighted by Crippen LogP contribution is -2.16. The van der Waals surface area contributed by atoms with Gasteiger partial charge in [0.1, 0.15) is 0 Å². The Morgan fingerprint density at radius 1 is 1.18 bits per heavy atom. The monoisotopic (exact) mass is 243 g/mol. The third kappa shape index (κ3) is 11.7. The quantitative estimate of drug-likeness (QED) is 0.436. The zero-order chi connectivity index (χ0) is 13.1. The first kappa shape index (κ1) is 16.4. The Labute approximate surface area is 107 Å². The number of esters is 1. The molecule has 0 amide bonds. The molecule has 102 valence electrons. The van der Waals surface area contributed by atoms with Crippen molar-refractivity contribution in [1.82, 2.24) is 4.90 Å². The van der Waals surface area contributed by atoms with E-state index < -0.39 is 0 Å². The predicted molar refractivity (Wildman–Crippen MR) is 72.1 cm³/mol. The molecule has 0 aromatic rings. The van der Waals surface area contributed by atoms with Gasteiger partial charge in [-0.05, 0) is 53.2 Å². The fraction of sp³-hybridized carbons (Fsp3) is 0.929. The highest BCUT2D eigenvalue weighted by atomic mass is 16.5. The van der Waals surface area contributed by atoms with Crippen LogP contribution in [0.3, 0.4) is 0 Å². The second kappa shape index (κ2) is 10.6. The lowest BCUT2D eigenvalue weighted by atomic mass is 10.1. The number of carbonyl (C=O) groups excluding carboxylic acids is 1. The molecule has 0 aromatic heterocycles. The highest BCUT2D eigenvalue weighted by molar-refractivity contribution is 5.69. The first-order valence-electron chi connectivity index (χ1n) is 6.90. The molecule has 0 aromatic carbocycles. The minimum Gasteiger partial charge on any atom is -0.463 e. The molecule has 0 aliphatic carbocycles. The first-order valence-corrected chi connectivity index (χ1v) is 6.90. The number of unbranched alkanes of at least 4 members (excludes halogenated alkanes) is 3. The molecule has 0 saturated heterocycles. The second-order valence-electron chi connectivity index (χ2n) is 5.06. The zero-order valence-corrected chi connectivity index (χ0v) is 12.0. The molecule has 1 atom stereocenters. The van der Waals surface area contributed by atoms with Gasteiger partial charge in [0, 0.05) is 6.42 Å². The van der Waals surface area contributed by atoms with E-state index in [0.717, 1.165) is 38.6 Å². The molecular weight excluding hydrogens is 214 g/mol. The van der Waals surface area contributed by atoms with Crippen LogP contribution in [0.2, 0.25) is 0 Å². The number of rotatable bonds is 10. The fourth-order valence-electron chi connectivity index (χ4n) is 1.72. The van der Waals surface area contributed by atoms with E-state index in [1.807, 2.05) is 6.92 Å². The molecule has 0 bridgehead atoms. The summed E-state index contributed by atoms with van der Waals surface area (Å²) < 4.78 is 5.35. The van der Waals surface area contributed by atoms with Crippen molar-refractivity contribution >= 4 is 5.97 Å². The van der Waals surface area contributed by atoms with E-state index in [9.17, 15) is 4.79 Å². The first-order chi connectivity index (χ1) is 8.06. The van der Waals surface area contributed by atoms with Gasteiger partial charge in [-0.25, -0.2) is 0 Å². The highest BCUT2D eigenvalue weighted by Gasteiger charge is 2.08. The van der Waals surface area contributed by atoms with Gasteiger partial charge in [0.2, 0.25) is 0 Å². The molecule has 0 heterocycles. The summed E-state index contributed by atoms with van der Waals surface area (Å²) in [5, 5.41) is 0. The van der Waals surface area contributed by atoms with Gasteiger partial charge in [0.15, 0.2) is 0 Å². The molecule has 0 aliphatic rings. The molecule has 0 rings (SSSR count). The summed E-state index contributed by atoms with van der Waals surface area (Å²) in [6.45, 7) is 5.24. The Morgan fingerprint density at radius 3 is 2.47 bits per heavy atom. The van der Waals surface area contributed by atoms with Crippen molar-refractivity contribution in [3.63, 3.8) is 0 Å². The maximum absolute atomic E-state index is 11.4. The van der Waals surface area contributed by atoms with Gasteiger partial charge < -0.3 is 9.64 Å². The minimum atomic E-state index is -0.0291. The van der Waals surface area contributed by atoms with E-state index in [1.165, 1.54) is 6.42 Å². The minimum absolute atomic E-state index is 0.0291. The Kier molecular flexibility index (Phi) is 10.2. The molecular formula is C14H29NO2. The summed E-state index contributed by atoms with van der Waals surface area (Å²) in [6, 6.07) is 0. The lowest BCUT2D eigenvalue weighted by molar-refractivity contribution is -0.148. The molecule has 3 nitrogen and oxygen atoms in total. The van der Waals surface area contributed by atoms with Crippen molar-refractivity contribution in [1.29, 1.82) is 0 Å². The third-order valence-electron chi connectivity index (χ3n) is 2.78. The van der Waals surface area contributed by atoms with Crippen LogP contribution in [0.25, 0.3) is 0 Å². The van der Waals surface area contributed by atoms with Crippen LogP contribution in [0, 0.1) is 0 Å². The van der Waals surface area contributed by atoms with E-state index in [0.29, 0.717) is 6.42 Å². The van der Waals surface area contributed by atoms with Crippen LogP contribution in [0.5, 0.6) is 0 Å². The summed E-state index contributed by atoms with van der Waals surface area (Å²) in [7, 11) is 4.16. The Balaban J connectivity index is 3.43. The molecule has 0 unspecified atom stereocenters. The fourth-order valence-corrected chi connectivity index (χ4v) is 1.72. The standard InChI is InChI=1S/C14H29NO2/c1-5-6-7-11-14(16)17-13(2)10-8-9-12-15(3)4/h13H,5-12H2,1-4H3/t13-/m1/s1. The molecule has 0 saturated carbocycles. The Morgan fingerprint density at radius 2 is 1.88 bits per heavy atom. The molecule has 3 heteroatoms. The number of hydrogen-bond donors (Lipinski definition) is 0. The topological polar surface area (TPSA) is 29.5 Å². The molecule has 17 heavy (non-hydrogen) atoms. The average Bonchev–Trinajstić information content (AvgIpc) is 2.24.